The van der Waals surface area contributed by atoms with Crippen molar-refractivity contribution in [1.82, 2.24) is 10.3 Å². The van der Waals surface area contributed by atoms with Gasteiger partial charge in [0.2, 0.25) is 0 Å². The van der Waals surface area contributed by atoms with Crippen LogP contribution >= 0.6 is 0 Å². The van der Waals surface area contributed by atoms with Crippen LogP contribution in [-0.4, -0.2) is 16.8 Å². The predicted molar refractivity (Wildman–Crippen MR) is 97.6 cm³/mol. The van der Waals surface area contributed by atoms with E-state index in [4.69, 9.17) is 0 Å². The Balaban J connectivity index is 1.73. The van der Waals surface area contributed by atoms with Gasteiger partial charge in [-0.25, -0.2) is 0 Å². The fraction of sp³-hybridized carbons (Fsp3) is 0.190. The average Bonchev–Trinajstić information content (AvgIpc) is 2.93. The molecule has 3 rings (SSSR count). The lowest BCUT2D eigenvalue weighted by Crippen LogP contribution is -2.22. The molecule has 0 radical (unpaired) electrons. The monoisotopic (exact) mass is 332 g/mol. The number of imide groups is 1. The molecule has 4 nitrogen and oxygen atoms in total. The standard InChI is InChI=1S/C21H20N2O2/c1-2-17-19(21(25)23-20(17)24)18-10-6-5-9-16(18)8-4-3-7-15-11-13-22-14-12-15/h2,5-6,9-14H,1,3-4,7-8H2,(H,23,24,25). The number of benzene rings is 1. The average molecular weight is 332 g/mol. The highest BCUT2D eigenvalue weighted by molar-refractivity contribution is 6.37. The zero-order chi connectivity index (χ0) is 17.6. The summed E-state index contributed by atoms with van der Waals surface area (Å²) < 4.78 is 0. The van der Waals surface area contributed by atoms with Crippen LogP contribution in [0.25, 0.3) is 5.57 Å². The maximum atomic E-state index is 12.2. The topological polar surface area (TPSA) is 59.1 Å². The van der Waals surface area contributed by atoms with Crippen LogP contribution in [0.4, 0.5) is 0 Å². The summed E-state index contributed by atoms with van der Waals surface area (Å²) in [5.74, 6) is -0.716. The van der Waals surface area contributed by atoms with E-state index in [0.717, 1.165) is 36.8 Å². The number of nitrogens with zero attached hydrogens (tertiary/aromatic N) is 1. The highest BCUT2D eigenvalue weighted by Crippen LogP contribution is 2.28. The summed E-state index contributed by atoms with van der Waals surface area (Å²) in [5.41, 5.74) is 3.97. The van der Waals surface area contributed by atoms with Crippen LogP contribution in [0.15, 0.2) is 67.0 Å². The van der Waals surface area contributed by atoms with Crippen LogP contribution in [0, 0.1) is 0 Å². The van der Waals surface area contributed by atoms with E-state index >= 15 is 0 Å². The lowest BCUT2D eigenvalue weighted by atomic mass is 9.93. The molecular formula is C21H20N2O2. The summed E-state index contributed by atoms with van der Waals surface area (Å²) in [5, 5.41) is 2.35. The van der Waals surface area contributed by atoms with Crippen molar-refractivity contribution >= 4 is 17.4 Å². The Labute approximate surface area is 147 Å². The fourth-order valence-corrected chi connectivity index (χ4v) is 3.11. The molecule has 0 spiro atoms. The van der Waals surface area contributed by atoms with Crippen molar-refractivity contribution < 1.29 is 9.59 Å². The minimum atomic E-state index is -0.373. The van der Waals surface area contributed by atoms with Gasteiger partial charge in [-0.05, 0) is 54.5 Å². The third-order valence-corrected chi connectivity index (χ3v) is 4.37. The normalized spacial score (nSPS) is 13.9. The van der Waals surface area contributed by atoms with Crippen LogP contribution in [-0.2, 0) is 22.4 Å². The Morgan fingerprint density at radius 3 is 2.44 bits per heavy atom. The van der Waals surface area contributed by atoms with Gasteiger partial charge >= 0.3 is 0 Å². The maximum Gasteiger partial charge on any atom is 0.259 e. The molecule has 2 amide bonds. The van der Waals surface area contributed by atoms with Gasteiger partial charge in [-0.15, -0.1) is 0 Å². The Hall–Kier alpha value is -3.01. The van der Waals surface area contributed by atoms with Crippen molar-refractivity contribution in [2.45, 2.75) is 25.7 Å². The third-order valence-electron chi connectivity index (χ3n) is 4.37. The number of amides is 2. The van der Waals surface area contributed by atoms with Gasteiger partial charge in [0.05, 0.1) is 11.1 Å². The highest BCUT2D eigenvalue weighted by atomic mass is 16.2. The van der Waals surface area contributed by atoms with Crippen molar-refractivity contribution in [1.29, 1.82) is 0 Å². The zero-order valence-electron chi connectivity index (χ0n) is 14.0. The Bertz CT molecular complexity index is 838. The third kappa shape index (κ3) is 3.74. The molecule has 0 unspecified atom stereocenters. The number of rotatable bonds is 7. The molecule has 0 fully saturated rings. The smallest absolute Gasteiger partial charge is 0.259 e. The predicted octanol–water partition coefficient (Wildman–Crippen LogP) is 3.24. The summed E-state index contributed by atoms with van der Waals surface area (Å²) in [4.78, 5) is 28.1. The number of carbonyl (C=O) groups excluding carboxylic acids is 2. The van der Waals surface area contributed by atoms with E-state index in [1.807, 2.05) is 48.8 Å². The second-order valence-corrected chi connectivity index (χ2v) is 6.00. The van der Waals surface area contributed by atoms with E-state index in [1.165, 1.54) is 11.6 Å². The molecule has 1 aromatic carbocycles. The first-order valence-electron chi connectivity index (χ1n) is 8.40. The SMILES string of the molecule is C=CC1=C(c2ccccc2CCCCc2ccncc2)C(=O)NC1=O. The molecule has 0 atom stereocenters. The lowest BCUT2D eigenvalue weighted by molar-refractivity contribution is -0.123. The number of pyridine rings is 1. The molecule has 1 aliphatic heterocycles. The molecular weight excluding hydrogens is 312 g/mol. The van der Waals surface area contributed by atoms with Gasteiger partial charge in [0.15, 0.2) is 0 Å². The van der Waals surface area contributed by atoms with Gasteiger partial charge in [-0.1, -0.05) is 36.9 Å². The van der Waals surface area contributed by atoms with E-state index in [1.54, 1.807) is 0 Å². The Kier molecular flexibility index (Phi) is 5.19. The number of hydrogen-bond acceptors (Lipinski definition) is 3. The van der Waals surface area contributed by atoms with Crippen molar-refractivity contribution in [3.63, 3.8) is 0 Å². The van der Waals surface area contributed by atoms with E-state index in [-0.39, 0.29) is 11.8 Å². The van der Waals surface area contributed by atoms with Crippen LogP contribution < -0.4 is 5.32 Å². The van der Waals surface area contributed by atoms with Crippen molar-refractivity contribution in [2.24, 2.45) is 0 Å². The Morgan fingerprint density at radius 2 is 1.68 bits per heavy atom. The van der Waals surface area contributed by atoms with Crippen LogP contribution in [0.3, 0.4) is 0 Å². The number of nitrogens with one attached hydrogen (secondary N) is 1. The maximum absolute atomic E-state index is 12.2. The van der Waals surface area contributed by atoms with Gasteiger partial charge in [0.1, 0.15) is 0 Å². The van der Waals surface area contributed by atoms with E-state index in [2.05, 4.69) is 16.9 Å². The van der Waals surface area contributed by atoms with Crippen LogP contribution in [0.1, 0.15) is 29.5 Å². The van der Waals surface area contributed by atoms with Crippen molar-refractivity contribution in [3.05, 3.63) is 83.7 Å². The Morgan fingerprint density at radius 1 is 0.960 bits per heavy atom. The first kappa shape index (κ1) is 16.8. The first-order chi connectivity index (χ1) is 12.2. The quantitative estimate of drug-likeness (QED) is 0.625. The summed E-state index contributed by atoms with van der Waals surface area (Å²) in [6.07, 6.45) is 8.99. The molecule has 0 saturated heterocycles. The molecule has 0 bridgehead atoms. The van der Waals surface area contributed by atoms with Crippen molar-refractivity contribution in [3.8, 4) is 0 Å². The molecule has 1 N–H and O–H groups in total. The molecule has 25 heavy (non-hydrogen) atoms. The molecule has 1 aromatic heterocycles. The largest absolute Gasteiger partial charge is 0.288 e. The minimum Gasteiger partial charge on any atom is -0.288 e. The molecule has 4 heteroatoms. The summed E-state index contributed by atoms with van der Waals surface area (Å²) in [7, 11) is 0. The molecule has 2 heterocycles. The lowest BCUT2D eigenvalue weighted by Gasteiger charge is -2.10. The summed E-state index contributed by atoms with van der Waals surface area (Å²) >= 11 is 0. The van der Waals surface area contributed by atoms with Gasteiger partial charge in [-0.2, -0.15) is 0 Å². The zero-order valence-corrected chi connectivity index (χ0v) is 14.0. The number of aryl methyl sites for hydroxylation is 2. The number of unbranched alkanes of at least 4 members (excludes halogenated alkanes) is 1. The van der Waals surface area contributed by atoms with Gasteiger partial charge in [0.25, 0.3) is 11.8 Å². The van der Waals surface area contributed by atoms with E-state index in [0.29, 0.717) is 11.1 Å². The first-order valence-corrected chi connectivity index (χ1v) is 8.40. The van der Waals surface area contributed by atoms with Gasteiger partial charge < -0.3 is 0 Å². The summed E-state index contributed by atoms with van der Waals surface area (Å²) in [6, 6.07) is 11.8. The second-order valence-electron chi connectivity index (χ2n) is 6.00. The van der Waals surface area contributed by atoms with E-state index in [9.17, 15) is 9.59 Å². The van der Waals surface area contributed by atoms with Crippen LogP contribution in [0.2, 0.25) is 0 Å². The van der Waals surface area contributed by atoms with Crippen LogP contribution in [0.5, 0.6) is 0 Å². The summed E-state index contributed by atoms with van der Waals surface area (Å²) in [6.45, 7) is 3.67. The number of carbonyl (C=O) groups is 2. The van der Waals surface area contributed by atoms with Crippen molar-refractivity contribution in [2.75, 3.05) is 0 Å². The number of hydrogen-bond donors (Lipinski definition) is 1. The highest BCUT2D eigenvalue weighted by Gasteiger charge is 2.30. The molecule has 1 aliphatic rings. The van der Waals surface area contributed by atoms with Gasteiger partial charge in [0, 0.05) is 12.4 Å². The molecule has 0 saturated carbocycles. The minimum absolute atomic E-state index is 0.343. The fourth-order valence-electron chi connectivity index (χ4n) is 3.11. The van der Waals surface area contributed by atoms with Gasteiger partial charge in [-0.3, -0.25) is 19.9 Å². The molecule has 126 valence electrons. The second kappa shape index (κ2) is 7.71. The number of aromatic nitrogens is 1. The van der Waals surface area contributed by atoms with E-state index < -0.39 is 0 Å². The molecule has 0 aliphatic carbocycles. The molecule has 2 aromatic rings.